The monoisotopic (exact) mass is 317 g/mol. The molecule has 2 aromatic heterocycles. The Labute approximate surface area is 128 Å². The third-order valence-electron chi connectivity index (χ3n) is 3.14. The molecule has 0 aliphatic rings. The predicted molar refractivity (Wildman–Crippen MR) is 82.4 cm³/mol. The van der Waals surface area contributed by atoms with E-state index in [0.29, 0.717) is 5.69 Å². The highest BCUT2D eigenvalue weighted by Gasteiger charge is 2.15. The molecule has 7 nitrogen and oxygen atoms in total. The van der Waals surface area contributed by atoms with Crippen molar-refractivity contribution >= 4 is 15.7 Å². The maximum absolute atomic E-state index is 12.2. The van der Waals surface area contributed by atoms with Gasteiger partial charge in [0.1, 0.15) is 4.90 Å². The number of H-pyrrole nitrogens is 1. The second-order valence-corrected chi connectivity index (χ2v) is 6.61. The molecule has 0 bridgehead atoms. The van der Waals surface area contributed by atoms with Gasteiger partial charge in [0.25, 0.3) is 10.0 Å². The Bertz CT molecular complexity index is 897. The Morgan fingerprint density at radius 1 is 1.23 bits per heavy atom. The van der Waals surface area contributed by atoms with Gasteiger partial charge in [-0.3, -0.25) is 9.82 Å². The van der Waals surface area contributed by atoms with Crippen molar-refractivity contribution in [1.82, 2.24) is 20.0 Å². The van der Waals surface area contributed by atoms with Gasteiger partial charge in [-0.1, -0.05) is 6.07 Å². The topological polar surface area (TPSA) is 92.7 Å². The second kappa shape index (κ2) is 5.30. The minimum Gasteiger partial charge on any atom is -0.284 e. The summed E-state index contributed by atoms with van der Waals surface area (Å²) in [6, 6.07) is 9.03. The predicted octanol–water partition coefficient (Wildman–Crippen LogP) is 2.01. The van der Waals surface area contributed by atoms with E-state index in [-0.39, 0.29) is 4.90 Å². The van der Waals surface area contributed by atoms with Gasteiger partial charge in [-0.25, -0.2) is 13.1 Å². The van der Waals surface area contributed by atoms with Crippen molar-refractivity contribution in [3.05, 3.63) is 54.1 Å². The van der Waals surface area contributed by atoms with Crippen molar-refractivity contribution in [2.45, 2.75) is 18.7 Å². The summed E-state index contributed by atoms with van der Waals surface area (Å²) in [6.07, 6.45) is 2.58. The largest absolute Gasteiger partial charge is 0.284 e. The lowest BCUT2D eigenvalue weighted by atomic mass is 10.3. The number of hydrogen-bond acceptors (Lipinski definition) is 4. The summed E-state index contributed by atoms with van der Waals surface area (Å²) in [5.74, 6) is 0. The molecule has 0 amide bonds. The number of sulfonamides is 1. The van der Waals surface area contributed by atoms with Crippen LogP contribution >= 0.6 is 0 Å². The molecular formula is C14H15N5O2S. The second-order valence-electron chi connectivity index (χ2n) is 4.93. The molecule has 2 N–H and O–H groups in total. The van der Waals surface area contributed by atoms with Gasteiger partial charge >= 0.3 is 0 Å². The summed E-state index contributed by atoms with van der Waals surface area (Å²) in [5, 5.41) is 10.5. The van der Waals surface area contributed by atoms with Crippen LogP contribution in [0.4, 0.5) is 5.69 Å². The summed E-state index contributed by atoms with van der Waals surface area (Å²) < 4.78 is 28.7. The molecule has 0 saturated heterocycles. The minimum absolute atomic E-state index is 0.0871. The number of aromatic amines is 1. The third kappa shape index (κ3) is 2.73. The summed E-state index contributed by atoms with van der Waals surface area (Å²) in [5.41, 5.74) is 3.14. The van der Waals surface area contributed by atoms with E-state index in [9.17, 15) is 8.42 Å². The summed E-state index contributed by atoms with van der Waals surface area (Å²) in [6.45, 7) is 3.86. The first kappa shape index (κ1) is 14.3. The zero-order valence-corrected chi connectivity index (χ0v) is 12.9. The lowest BCUT2D eigenvalue weighted by molar-refractivity contribution is 0.601. The van der Waals surface area contributed by atoms with Crippen LogP contribution in [0.5, 0.6) is 0 Å². The van der Waals surface area contributed by atoms with Crippen molar-refractivity contribution < 1.29 is 8.42 Å². The molecule has 0 atom stereocenters. The number of aromatic nitrogens is 4. The summed E-state index contributed by atoms with van der Waals surface area (Å²) >= 11 is 0. The molecule has 22 heavy (non-hydrogen) atoms. The first-order chi connectivity index (χ1) is 10.5. The fraction of sp³-hybridized carbons (Fsp3) is 0.143. The standard InChI is InChI=1S/C14H15N5O2S/c1-10-6-11(2)19(17-10)13-5-3-4-12(7-13)18-22(20,21)14-8-15-16-9-14/h3-9,18H,1-2H3,(H,15,16). The number of nitrogens with one attached hydrogen (secondary N) is 2. The Morgan fingerprint density at radius 2 is 2.05 bits per heavy atom. The number of aryl methyl sites for hydroxylation is 2. The molecule has 1 aromatic carbocycles. The average molecular weight is 317 g/mol. The van der Waals surface area contributed by atoms with Gasteiger partial charge < -0.3 is 0 Å². The fourth-order valence-corrected chi connectivity index (χ4v) is 3.15. The molecule has 0 radical (unpaired) electrons. The van der Waals surface area contributed by atoms with Gasteiger partial charge in [0, 0.05) is 11.9 Å². The number of hydrogen-bond donors (Lipinski definition) is 2. The van der Waals surface area contributed by atoms with Gasteiger partial charge in [-0.05, 0) is 38.1 Å². The molecule has 0 fully saturated rings. The molecule has 3 aromatic rings. The normalized spacial score (nSPS) is 11.5. The number of rotatable bonds is 4. The average Bonchev–Trinajstić information content (AvgIpc) is 3.08. The van der Waals surface area contributed by atoms with Gasteiger partial charge in [-0.15, -0.1) is 0 Å². The van der Waals surface area contributed by atoms with Crippen molar-refractivity contribution in [3.8, 4) is 5.69 Å². The van der Waals surface area contributed by atoms with E-state index in [4.69, 9.17) is 0 Å². The summed E-state index contributed by atoms with van der Waals surface area (Å²) in [4.78, 5) is 0.0871. The van der Waals surface area contributed by atoms with E-state index >= 15 is 0 Å². The van der Waals surface area contributed by atoms with Gasteiger partial charge in [0.15, 0.2) is 0 Å². The minimum atomic E-state index is -3.65. The van der Waals surface area contributed by atoms with E-state index in [1.807, 2.05) is 26.0 Å². The van der Waals surface area contributed by atoms with Gasteiger partial charge in [0.05, 0.1) is 23.3 Å². The van der Waals surface area contributed by atoms with Crippen LogP contribution < -0.4 is 4.72 Å². The first-order valence-electron chi connectivity index (χ1n) is 6.61. The molecule has 0 aliphatic heterocycles. The van der Waals surface area contributed by atoms with Crippen LogP contribution in [-0.2, 0) is 10.0 Å². The lowest BCUT2D eigenvalue weighted by Crippen LogP contribution is -2.12. The highest BCUT2D eigenvalue weighted by molar-refractivity contribution is 7.92. The van der Waals surface area contributed by atoms with E-state index in [1.165, 1.54) is 12.4 Å². The zero-order chi connectivity index (χ0) is 15.7. The van der Waals surface area contributed by atoms with Crippen LogP contribution in [0.2, 0.25) is 0 Å². The fourth-order valence-electron chi connectivity index (χ4n) is 2.19. The van der Waals surface area contributed by atoms with E-state index in [1.54, 1.807) is 22.9 Å². The number of anilines is 1. The highest BCUT2D eigenvalue weighted by Crippen LogP contribution is 2.19. The molecule has 0 aliphatic carbocycles. The van der Waals surface area contributed by atoms with Crippen molar-refractivity contribution in [3.63, 3.8) is 0 Å². The Morgan fingerprint density at radius 3 is 2.68 bits per heavy atom. The Balaban J connectivity index is 1.94. The smallest absolute Gasteiger partial charge is 0.265 e. The van der Waals surface area contributed by atoms with Crippen molar-refractivity contribution in [2.24, 2.45) is 0 Å². The SMILES string of the molecule is Cc1cc(C)n(-c2cccc(NS(=O)(=O)c3cn[nH]c3)c2)n1. The third-order valence-corrected chi connectivity index (χ3v) is 4.48. The van der Waals surface area contributed by atoms with Crippen LogP contribution in [0.15, 0.2) is 47.6 Å². The van der Waals surface area contributed by atoms with E-state index in [2.05, 4.69) is 20.0 Å². The van der Waals surface area contributed by atoms with E-state index < -0.39 is 10.0 Å². The maximum Gasteiger partial charge on any atom is 0.265 e. The van der Waals surface area contributed by atoms with Crippen molar-refractivity contribution in [2.75, 3.05) is 4.72 Å². The molecule has 2 heterocycles. The Kier molecular flexibility index (Phi) is 3.45. The highest BCUT2D eigenvalue weighted by atomic mass is 32.2. The van der Waals surface area contributed by atoms with Crippen LogP contribution in [0.1, 0.15) is 11.4 Å². The van der Waals surface area contributed by atoms with Crippen molar-refractivity contribution in [1.29, 1.82) is 0 Å². The lowest BCUT2D eigenvalue weighted by Gasteiger charge is -2.09. The summed E-state index contributed by atoms with van der Waals surface area (Å²) in [7, 11) is -3.65. The molecule has 3 rings (SSSR count). The molecule has 0 saturated carbocycles. The van der Waals surface area contributed by atoms with Crippen LogP contribution in [-0.4, -0.2) is 28.4 Å². The van der Waals surface area contributed by atoms with E-state index in [0.717, 1.165) is 17.1 Å². The molecule has 0 unspecified atom stereocenters. The van der Waals surface area contributed by atoms with Crippen LogP contribution in [0.3, 0.4) is 0 Å². The number of benzene rings is 1. The van der Waals surface area contributed by atoms with Gasteiger partial charge in [0.2, 0.25) is 0 Å². The maximum atomic E-state index is 12.2. The molecule has 0 spiro atoms. The zero-order valence-electron chi connectivity index (χ0n) is 12.1. The Hall–Kier alpha value is -2.61. The molecule has 8 heteroatoms. The van der Waals surface area contributed by atoms with Gasteiger partial charge in [-0.2, -0.15) is 10.2 Å². The molecular weight excluding hydrogens is 302 g/mol. The molecule has 114 valence electrons. The van der Waals surface area contributed by atoms with Crippen LogP contribution in [0, 0.1) is 13.8 Å². The first-order valence-corrected chi connectivity index (χ1v) is 8.09. The number of nitrogens with zero attached hydrogens (tertiary/aromatic N) is 3. The van der Waals surface area contributed by atoms with Crippen LogP contribution in [0.25, 0.3) is 5.69 Å². The quantitative estimate of drug-likeness (QED) is 0.770.